The van der Waals surface area contributed by atoms with Gasteiger partial charge in [0, 0.05) is 0 Å². The van der Waals surface area contributed by atoms with E-state index in [0.717, 1.165) is 6.07 Å². The van der Waals surface area contributed by atoms with Crippen LogP contribution in [0.2, 0.25) is 13.1 Å². The summed E-state index contributed by atoms with van der Waals surface area (Å²) < 4.78 is 37.4. The number of halogens is 4. The average molecular weight is 279 g/mol. The van der Waals surface area contributed by atoms with Gasteiger partial charge in [-0.1, -0.05) is 42.5 Å². The van der Waals surface area contributed by atoms with E-state index in [0.29, 0.717) is 0 Å². The smallest absolute Gasteiger partial charge is 1.00 e. The van der Waals surface area contributed by atoms with Gasteiger partial charge in [-0.2, -0.15) is 13.2 Å². The first-order valence-electron chi connectivity index (χ1n) is 4.10. The molecular weight excluding hydrogens is 269 g/mol. The molecule has 0 aliphatic rings. The topological polar surface area (TPSA) is 23.1 Å². The minimum Gasteiger partial charge on any atom is -1.00 e. The normalized spacial score (nSPS) is 11.4. The zero-order valence-electron chi connectivity index (χ0n) is 8.94. The van der Waals surface area contributed by atoms with E-state index in [-0.39, 0.29) is 40.6 Å². The monoisotopic (exact) mass is 278 g/mol. The van der Waals surface area contributed by atoms with Crippen LogP contribution in [0.25, 0.3) is 0 Å². The number of benzene rings is 1. The molecule has 0 bridgehead atoms. The maximum absolute atomic E-state index is 12.5. The molecule has 0 atom stereocenters. The molecule has 0 heterocycles. The first-order valence-corrected chi connectivity index (χ1v) is 7.01. The molecule has 16 heavy (non-hydrogen) atoms. The van der Waals surface area contributed by atoms with Crippen molar-refractivity contribution in [2.24, 2.45) is 0 Å². The Labute approximate surface area is 116 Å². The summed E-state index contributed by atoms with van der Waals surface area (Å²) in [5, 5.41) is -0.0764. The van der Waals surface area contributed by atoms with Gasteiger partial charge in [-0.25, -0.2) is 0 Å². The predicted octanol–water partition coefficient (Wildman–Crippen LogP) is -1.90. The number of rotatable bonds is 1. The molecule has 1 aromatic rings. The molecule has 0 N–H and O–H groups in total. The maximum Gasteiger partial charge on any atom is 2.00 e. The molecule has 1 nitrogen and oxygen atoms in total. The van der Waals surface area contributed by atoms with Crippen molar-refractivity contribution in [1.29, 1.82) is 0 Å². The summed E-state index contributed by atoms with van der Waals surface area (Å²) in [4.78, 5) is 11.6. The van der Waals surface area contributed by atoms with Crippen LogP contribution in [-0.2, 0) is 6.18 Å². The Morgan fingerprint density at radius 1 is 1.12 bits per heavy atom. The first kappa shape index (κ1) is 18.6. The summed E-state index contributed by atoms with van der Waals surface area (Å²) in [6.45, 7) is 2.72. The van der Waals surface area contributed by atoms with Crippen molar-refractivity contribution in [2.75, 3.05) is 0 Å². The molecule has 7 heteroatoms. The fourth-order valence-electron chi connectivity index (χ4n) is 1.26. The molecule has 0 saturated carbocycles. The van der Waals surface area contributed by atoms with Crippen LogP contribution in [0.1, 0.15) is 5.56 Å². The van der Waals surface area contributed by atoms with Crippen LogP contribution in [0.3, 0.4) is 0 Å². The van der Waals surface area contributed by atoms with Gasteiger partial charge in [-0.3, -0.25) is 0 Å². The third kappa shape index (κ3) is 4.62. The maximum atomic E-state index is 12.5. The minimum absolute atomic E-state index is 0. The zero-order valence-corrected chi connectivity index (χ0v) is 12.1. The quantitative estimate of drug-likeness (QED) is 0.551. The van der Waals surface area contributed by atoms with Crippen LogP contribution in [0, 0.1) is 0 Å². The second-order valence-electron chi connectivity index (χ2n) is 3.55. The van der Waals surface area contributed by atoms with Crippen molar-refractivity contribution >= 4 is 36.6 Å². The SMILES string of the molecule is C[Si](C)([O-])c1ccccc1C(F)(F)F.[Cl-].[Mg+2]. The van der Waals surface area contributed by atoms with Crippen molar-refractivity contribution in [1.82, 2.24) is 0 Å². The average Bonchev–Trinajstić information content (AvgIpc) is 2.01. The van der Waals surface area contributed by atoms with Crippen molar-refractivity contribution in [3.63, 3.8) is 0 Å². The Morgan fingerprint density at radius 3 is 1.88 bits per heavy atom. The van der Waals surface area contributed by atoms with Gasteiger partial charge in [0.05, 0.1) is 5.56 Å². The molecule has 0 fully saturated rings. The van der Waals surface area contributed by atoms with E-state index in [1.807, 2.05) is 0 Å². The van der Waals surface area contributed by atoms with Crippen LogP contribution in [-0.4, -0.2) is 31.4 Å². The molecule has 0 amide bonds. The minimum atomic E-state index is -4.43. The van der Waals surface area contributed by atoms with Gasteiger partial charge >= 0.3 is 29.2 Å². The summed E-state index contributed by atoms with van der Waals surface area (Å²) in [5.41, 5.74) is -0.785. The van der Waals surface area contributed by atoms with Gasteiger partial charge in [0.2, 0.25) is 0 Å². The second kappa shape index (κ2) is 6.25. The Morgan fingerprint density at radius 2 is 1.56 bits per heavy atom. The number of alkyl halides is 3. The summed E-state index contributed by atoms with van der Waals surface area (Å²) in [6, 6.07) is 5.01. The Hall–Kier alpha value is 0.243. The van der Waals surface area contributed by atoms with Crippen LogP contribution in [0.15, 0.2) is 24.3 Å². The van der Waals surface area contributed by atoms with Gasteiger partial charge in [0.25, 0.3) is 0 Å². The van der Waals surface area contributed by atoms with Crippen molar-refractivity contribution in [3.8, 4) is 0 Å². The van der Waals surface area contributed by atoms with E-state index in [2.05, 4.69) is 0 Å². The van der Waals surface area contributed by atoms with Crippen molar-refractivity contribution in [2.45, 2.75) is 19.3 Å². The molecule has 1 rings (SSSR count). The van der Waals surface area contributed by atoms with E-state index in [1.165, 1.54) is 31.3 Å². The van der Waals surface area contributed by atoms with Crippen LogP contribution in [0.4, 0.5) is 13.2 Å². The Balaban J connectivity index is 0. The fourth-order valence-corrected chi connectivity index (χ4v) is 2.63. The van der Waals surface area contributed by atoms with E-state index < -0.39 is 20.1 Å². The molecular formula is C9H10ClF3MgOSi. The molecule has 1 aromatic carbocycles. The fraction of sp³-hybridized carbons (Fsp3) is 0.333. The van der Waals surface area contributed by atoms with Gasteiger partial charge in [-0.05, 0) is 8.32 Å². The molecule has 0 spiro atoms. The predicted molar refractivity (Wildman–Crippen MR) is 54.3 cm³/mol. The molecule has 0 unspecified atom stereocenters. The molecule has 0 aliphatic carbocycles. The Bertz CT molecular complexity index is 305. The molecule has 86 valence electrons. The number of hydrogen-bond acceptors (Lipinski definition) is 1. The summed E-state index contributed by atoms with van der Waals surface area (Å²) >= 11 is 0. The van der Waals surface area contributed by atoms with Crippen molar-refractivity contribution < 1.29 is 30.4 Å². The summed E-state index contributed by atoms with van der Waals surface area (Å²) in [7, 11) is -3.16. The van der Waals surface area contributed by atoms with Crippen LogP contribution >= 0.6 is 0 Å². The van der Waals surface area contributed by atoms with Crippen LogP contribution in [0.5, 0.6) is 0 Å². The summed E-state index contributed by atoms with van der Waals surface area (Å²) in [5.74, 6) is 0. The van der Waals surface area contributed by atoms with Crippen molar-refractivity contribution in [3.05, 3.63) is 29.8 Å². The van der Waals surface area contributed by atoms with E-state index >= 15 is 0 Å². The second-order valence-corrected chi connectivity index (χ2v) is 7.11. The van der Waals surface area contributed by atoms with E-state index in [4.69, 9.17) is 0 Å². The molecule has 0 aliphatic heterocycles. The van der Waals surface area contributed by atoms with E-state index in [1.54, 1.807) is 0 Å². The van der Waals surface area contributed by atoms with Gasteiger partial charge < -0.3 is 17.2 Å². The van der Waals surface area contributed by atoms with Gasteiger partial charge in [0.1, 0.15) is 0 Å². The number of hydrogen-bond donors (Lipinski definition) is 0. The molecule has 0 aromatic heterocycles. The third-order valence-electron chi connectivity index (χ3n) is 1.88. The Kier molecular flexibility index (Phi) is 7.27. The molecule has 0 saturated heterocycles. The third-order valence-corrected chi connectivity index (χ3v) is 3.61. The standard InChI is InChI=1S/C9H10F3OSi.ClH.Mg/c1-14(2,13)8-6-4-3-5-7(8)9(10,11)12;;/h3-6H,1-2H3;1H;/q-1;;+2/p-1. The zero-order chi connectivity index (χ0) is 11.0. The van der Waals surface area contributed by atoms with Crippen LogP contribution < -0.4 is 22.4 Å². The molecule has 0 radical (unpaired) electrons. The van der Waals surface area contributed by atoms with E-state index in [9.17, 15) is 18.0 Å². The first-order chi connectivity index (χ1) is 6.23. The van der Waals surface area contributed by atoms with Gasteiger partial charge in [0.15, 0.2) is 0 Å². The summed E-state index contributed by atoms with van der Waals surface area (Å²) in [6.07, 6.45) is -4.43. The largest absolute Gasteiger partial charge is 2.00 e. The van der Waals surface area contributed by atoms with Gasteiger partial charge in [-0.15, -0.1) is 0 Å².